The van der Waals surface area contributed by atoms with Crippen molar-refractivity contribution in [1.29, 1.82) is 0 Å². The molecule has 456 valence electrons. The van der Waals surface area contributed by atoms with E-state index in [9.17, 15) is 13.2 Å². The maximum atomic E-state index is 12.0. The van der Waals surface area contributed by atoms with Gasteiger partial charge in [-0.3, -0.25) is 34.9 Å². The zero-order valence-corrected chi connectivity index (χ0v) is 56.0. The summed E-state index contributed by atoms with van der Waals surface area (Å²) >= 11 is 33.4. The summed E-state index contributed by atoms with van der Waals surface area (Å²) in [5, 5.41) is 2.35. The van der Waals surface area contributed by atoms with Gasteiger partial charge in [-0.05, 0) is 233 Å². The van der Waals surface area contributed by atoms with E-state index in [-0.39, 0.29) is 5.02 Å². The molecule has 0 aliphatic heterocycles. The SMILES string of the molecule is Cc1ccc(C)nc1.Cc1ccc(Cl)c(Cl)n1.Cc1cccc(C)n1.Cc1cccnc1.Cc1cccnc1C.Cc1ccncc1C.Cc1cnc(Cl)c(Cl)c1.Cc1cnc(Cl)cc1C.Cc1cncc(C)c1.Cc1ncc(C(F)(F)F)cc1Cl. The quantitative estimate of drug-likeness (QED) is 0.135. The van der Waals surface area contributed by atoms with Crippen molar-refractivity contribution in [1.82, 2.24) is 49.8 Å². The van der Waals surface area contributed by atoms with Crippen LogP contribution in [-0.2, 0) is 6.18 Å². The summed E-state index contributed by atoms with van der Waals surface area (Å²) in [6, 6.07) is 30.2. The van der Waals surface area contributed by atoms with Crippen LogP contribution in [0.5, 0.6) is 0 Å². The molecule has 19 heteroatoms. The second-order valence-corrected chi connectivity index (χ2v) is 21.5. The number of nitrogens with zero attached hydrogens (tertiary/aromatic N) is 10. The van der Waals surface area contributed by atoms with Crippen LogP contribution in [0.1, 0.15) is 95.4 Å². The number of alkyl halides is 3. The average molecular weight is 1290 g/mol. The van der Waals surface area contributed by atoms with Gasteiger partial charge in [0.1, 0.15) is 15.5 Å². The van der Waals surface area contributed by atoms with E-state index in [1.54, 1.807) is 37.6 Å². The van der Waals surface area contributed by atoms with E-state index in [0.29, 0.717) is 31.2 Å². The lowest BCUT2D eigenvalue weighted by Gasteiger charge is -2.06. The highest BCUT2D eigenvalue weighted by Gasteiger charge is 2.31. The summed E-state index contributed by atoms with van der Waals surface area (Å²) in [5.74, 6) is 0. The standard InChI is InChI=1S/C7H5ClF3N.C7H8ClN.5C7H9N.2C6H5Cl2N.C6H7N/c1-4-6(8)2-5(3-12-4)7(9,10)11;1-5-3-7(8)9-4-6(5)2;1-6-3-7(2)5-8-4-6;1-6-3-4-8-5-7(6)2;1-6-3-4-7(2)8-5-6;1-6-4-3-5-8-7(6)2;1-6-4-3-5-7(2)8-6;1-4-2-5(7)6(8)9-3-4;1-4-2-3-5(7)6(8)9-4;1-6-3-2-4-7-5-6/h2-3H,1H3;3-4H,1-2H3;5*3-5H,1-2H3;2*2-3H,1H3;2-5H,1H3. The molecule has 0 saturated heterocycles. The van der Waals surface area contributed by atoms with Crippen LogP contribution in [0.4, 0.5) is 13.2 Å². The zero-order valence-electron chi connectivity index (χ0n) is 51.5. The van der Waals surface area contributed by atoms with Gasteiger partial charge < -0.3 is 0 Å². The summed E-state index contributed by atoms with van der Waals surface area (Å²) in [7, 11) is 0. The van der Waals surface area contributed by atoms with E-state index in [2.05, 4.69) is 88.8 Å². The van der Waals surface area contributed by atoms with Crippen LogP contribution in [0, 0.1) is 111 Å². The first-order chi connectivity index (χ1) is 40.4. The fourth-order valence-corrected chi connectivity index (χ4v) is 6.76. The summed E-state index contributed by atoms with van der Waals surface area (Å²) in [4.78, 5) is 39.3. The monoisotopic (exact) mass is 1290 g/mol. The van der Waals surface area contributed by atoms with E-state index in [1.807, 2.05) is 187 Å². The Morgan fingerprint density at radius 1 is 0.314 bits per heavy atom. The van der Waals surface area contributed by atoms with Gasteiger partial charge in [0.05, 0.1) is 26.3 Å². The number of pyridine rings is 10. The van der Waals surface area contributed by atoms with Gasteiger partial charge in [-0.25, -0.2) is 15.0 Å². The van der Waals surface area contributed by atoms with Crippen molar-refractivity contribution >= 4 is 69.6 Å². The smallest absolute Gasteiger partial charge is 0.264 e. The molecule has 10 aromatic heterocycles. The minimum absolute atomic E-state index is 0.0322. The number of aryl methyl sites for hydroxylation is 16. The number of hydrogen-bond acceptors (Lipinski definition) is 10. The van der Waals surface area contributed by atoms with Crippen molar-refractivity contribution in [3.8, 4) is 0 Å². The Labute approximate surface area is 537 Å². The predicted molar refractivity (Wildman–Crippen MR) is 353 cm³/mol. The summed E-state index contributed by atoms with van der Waals surface area (Å²) in [6.07, 6.45) is 14.5. The van der Waals surface area contributed by atoms with Crippen LogP contribution in [0.15, 0.2) is 165 Å². The highest BCUT2D eigenvalue weighted by Crippen LogP contribution is 2.30. The zero-order chi connectivity index (χ0) is 64.9. The summed E-state index contributed by atoms with van der Waals surface area (Å²) in [6.45, 7) is 31.7. The third-order valence-electron chi connectivity index (χ3n) is 11.0. The molecule has 0 spiro atoms. The third kappa shape index (κ3) is 36.1. The van der Waals surface area contributed by atoms with Gasteiger partial charge in [-0.2, -0.15) is 13.2 Å². The van der Waals surface area contributed by atoms with Gasteiger partial charge in [0, 0.05) is 96.6 Å². The highest BCUT2D eigenvalue weighted by molar-refractivity contribution is 6.41. The lowest BCUT2D eigenvalue weighted by molar-refractivity contribution is -0.137. The molecule has 0 unspecified atom stereocenters. The van der Waals surface area contributed by atoms with E-state index in [4.69, 9.17) is 69.6 Å². The first kappa shape index (κ1) is 77.0. The van der Waals surface area contributed by atoms with Crippen molar-refractivity contribution in [3.05, 3.63) is 291 Å². The molecule has 10 heterocycles. The lowest BCUT2D eigenvalue weighted by atomic mass is 10.2. The molecule has 0 aliphatic rings. The minimum Gasteiger partial charge on any atom is -0.264 e. The van der Waals surface area contributed by atoms with Gasteiger partial charge >= 0.3 is 6.18 Å². The average Bonchev–Trinajstić information content (AvgIpc) is 3.67. The minimum atomic E-state index is -4.37. The number of halogens is 9. The Kier molecular flexibility index (Phi) is 37.6. The molecule has 0 bridgehead atoms. The molecule has 0 aliphatic carbocycles. The van der Waals surface area contributed by atoms with E-state index in [1.165, 1.54) is 50.1 Å². The molecular weight excluding hydrogens is 1210 g/mol. The fourth-order valence-electron chi connectivity index (χ4n) is 5.76. The van der Waals surface area contributed by atoms with Crippen LogP contribution >= 0.6 is 69.6 Å². The molecule has 0 amide bonds. The first-order valence-corrected chi connectivity index (χ1v) is 28.8. The molecular formula is C67H75Cl6F3N10. The molecule has 10 rings (SSSR count). The lowest BCUT2D eigenvalue weighted by Crippen LogP contribution is -2.05. The second kappa shape index (κ2) is 42.0. The second-order valence-electron chi connectivity index (χ2n) is 19.2. The molecule has 0 aromatic carbocycles. The molecule has 10 nitrogen and oxygen atoms in total. The predicted octanol–water partition coefficient (Wildman–Crippen LogP) is 20.7. The molecule has 0 fully saturated rings. The fraction of sp³-hybridized carbons (Fsp3) is 0.254. The van der Waals surface area contributed by atoms with Crippen LogP contribution < -0.4 is 0 Å². The Balaban J connectivity index is 0.000000479. The van der Waals surface area contributed by atoms with Crippen molar-refractivity contribution in [2.45, 2.75) is 117 Å². The Hall–Kier alpha value is -6.97. The topological polar surface area (TPSA) is 129 Å². The van der Waals surface area contributed by atoms with Crippen LogP contribution in [0.25, 0.3) is 0 Å². The van der Waals surface area contributed by atoms with E-state index in [0.717, 1.165) is 46.3 Å². The van der Waals surface area contributed by atoms with Crippen molar-refractivity contribution in [2.75, 3.05) is 0 Å². The van der Waals surface area contributed by atoms with Crippen LogP contribution in [0.2, 0.25) is 30.5 Å². The van der Waals surface area contributed by atoms with Gasteiger partial charge in [0.25, 0.3) is 0 Å². The largest absolute Gasteiger partial charge is 0.417 e. The third-order valence-corrected chi connectivity index (χ3v) is 13.0. The van der Waals surface area contributed by atoms with Crippen LogP contribution in [0.3, 0.4) is 0 Å². The summed E-state index contributed by atoms with van der Waals surface area (Å²) < 4.78 is 36.0. The number of aromatic nitrogens is 10. The molecule has 0 atom stereocenters. The summed E-state index contributed by atoms with van der Waals surface area (Å²) in [5.41, 5.74) is 16.9. The van der Waals surface area contributed by atoms with Gasteiger partial charge in [0.2, 0.25) is 0 Å². The van der Waals surface area contributed by atoms with Crippen molar-refractivity contribution in [3.63, 3.8) is 0 Å². The van der Waals surface area contributed by atoms with Gasteiger partial charge in [0.15, 0.2) is 0 Å². The molecule has 0 saturated carbocycles. The molecule has 86 heavy (non-hydrogen) atoms. The maximum Gasteiger partial charge on any atom is 0.417 e. The molecule has 10 aromatic rings. The molecule has 0 N–H and O–H groups in total. The Morgan fingerprint density at radius 2 is 0.872 bits per heavy atom. The Bertz CT molecular complexity index is 3240. The number of rotatable bonds is 0. The van der Waals surface area contributed by atoms with E-state index >= 15 is 0 Å². The first-order valence-electron chi connectivity index (χ1n) is 26.5. The van der Waals surface area contributed by atoms with Gasteiger partial charge in [-0.1, -0.05) is 99.9 Å². The Morgan fingerprint density at radius 3 is 1.24 bits per heavy atom. The van der Waals surface area contributed by atoms with Crippen molar-refractivity contribution in [2.24, 2.45) is 0 Å². The molecule has 0 radical (unpaired) electrons. The normalized spacial score (nSPS) is 9.69. The van der Waals surface area contributed by atoms with Crippen molar-refractivity contribution < 1.29 is 13.2 Å². The highest BCUT2D eigenvalue weighted by atomic mass is 35.5. The maximum absolute atomic E-state index is 12.0. The van der Waals surface area contributed by atoms with E-state index < -0.39 is 11.7 Å². The van der Waals surface area contributed by atoms with Gasteiger partial charge in [-0.15, -0.1) is 0 Å². The van der Waals surface area contributed by atoms with Crippen LogP contribution in [-0.4, -0.2) is 49.8 Å². The number of hydrogen-bond donors (Lipinski definition) is 0.